The van der Waals surface area contributed by atoms with Crippen LogP contribution in [0.5, 0.6) is 17.2 Å². The van der Waals surface area contributed by atoms with Gasteiger partial charge in [0.15, 0.2) is 11.5 Å². The summed E-state index contributed by atoms with van der Waals surface area (Å²) in [4.78, 5) is 34.6. The lowest BCUT2D eigenvalue weighted by Gasteiger charge is -2.19. The molecule has 0 saturated heterocycles. The fraction of sp³-hybridized carbons (Fsp3) is 0.627. The van der Waals surface area contributed by atoms with Crippen LogP contribution in [-0.4, -0.2) is 39.3 Å². The van der Waals surface area contributed by atoms with Crippen LogP contribution in [0.25, 0.3) is 22.1 Å². The topological polar surface area (TPSA) is 114 Å². The van der Waals surface area contributed by atoms with Crippen molar-refractivity contribution in [2.24, 2.45) is 0 Å². The number of unbranched alkanes of at least 4 members (excludes halogenated alkanes) is 27. The fourth-order valence-electron chi connectivity index (χ4n) is 9.31. The molecule has 9 nitrogen and oxygen atoms in total. The standard InChI is InChI=1S/C59H88N4O5/c1-4-7-10-13-16-19-22-25-28-31-42-66-53-45-48(47-63-52-39-35-37-50(56(52)62-59(63)65)41-40-49-36-34-38-51-55(49)61-58(64)60-51)46-54(67-43-32-29-26-23-20-17-14-11-8-5-2)57(53)68-44-33-30-27-24-21-18-15-12-9-6-3/h34-39,45-46H,4-33,42-44,47H2,1-3H3,(H,62,65)(H2,60,61,64). The zero-order valence-electron chi connectivity index (χ0n) is 42.6. The van der Waals surface area contributed by atoms with Crippen molar-refractivity contribution in [1.82, 2.24) is 19.5 Å². The molecule has 3 N–H and O–H groups in total. The van der Waals surface area contributed by atoms with Crippen molar-refractivity contribution >= 4 is 22.1 Å². The van der Waals surface area contributed by atoms with Gasteiger partial charge in [0.2, 0.25) is 5.75 Å². The SMILES string of the molecule is CCCCCCCCCCCCOc1cc(Cn2c(=O)[nH]c3c(C#Cc4cccc5[nH]c(=O)[nH]c45)cccc32)cc(OCCCCCCCCCCCC)c1OCCCCCCCCCCCC. The molecule has 2 heterocycles. The van der Waals surface area contributed by atoms with Crippen molar-refractivity contribution in [3.8, 4) is 29.1 Å². The third-order valence-electron chi connectivity index (χ3n) is 13.4. The van der Waals surface area contributed by atoms with Crippen LogP contribution < -0.4 is 25.6 Å². The van der Waals surface area contributed by atoms with E-state index in [0.29, 0.717) is 71.3 Å². The van der Waals surface area contributed by atoms with Crippen LogP contribution >= 0.6 is 0 Å². The highest BCUT2D eigenvalue weighted by Crippen LogP contribution is 2.40. The zero-order valence-corrected chi connectivity index (χ0v) is 42.6. The maximum Gasteiger partial charge on any atom is 0.326 e. The smallest absolute Gasteiger partial charge is 0.326 e. The quantitative estimate of drug-likeness (QED) is 0.0269. The monoisotopic (exact) mass is 933 g/mol. The molecule has 0 saturated carbocycles. The Hall–Kier alpha value is -4.84. The van der Waals surface area contributed by atoms with Crippen LogP contribution in [0.4, 0.5) is 0 Å². The first-order chi connectivity index (χ1) is 33.5. The minimum atomic E-state index is -0.272. The van der Waals surface area contributed by atoms with Crippen LogP contribution in [0, 0.1) is 11.8 Å². The van der Waals surface area contributed by atoms with Gasteiger partial charge in [-0.1, -0.05) is 218 Å². The maximum atomic E-state index is 13.8. The molecule has 68 heavy (non-hydrogen) atoms. The second-order valence-corrected chi connectivity index (χ2v) is 19.3. The Morgan fingerprint density at radius 3 is 1.34 bits per heavy atom. The number of imidazole rings is 2. The highest BCUT2D eigenvalue weighted by Gasteiger charge is 2.19. The van der Waals surface area contributed by atoms with E-state index in [1.54, 1.807) is 4.57 Å². The van der Waals surface area contributed by atoms with E-state index in [2.05, 4.69) is 59.7 Å². The van der Waals surface area contributed by atoms with Gasteiger partial charge in [0.25, 0.3) is 0 Å². The van der Waals surface area contributed by atoms with E-state index >= 15 is 0 Å². The molecular formula is C59H88N4O5. The molecule has 0 bridgehead atoms. The van der Waals surface area contributed by atoms with E-state index in [-0.39, 0.29) is 11.4 Å². The molecule has 0 fully saturated rings. The summed E-state index contributed by atoms with van der Waals surface area (Å²) in [6.07, 6.45) is 38.0. The molecule has 5 rings (SSSR count). The van der Waals surface area contributed by atoms with Gasteiger partial charge < -0.3 is 29.2 Å². The molecule has 0 atom stereocenters. The molecule has 0 aliphatic rings. The number of hydrogen-bond donors (Lipinski definition) is 3. The Kier molecular flexibility index (Phi) is 26.1. The van der Waals surface area contributed by atoms with Crippen LogP contribution in [0.2, 0.25) is 0 Å². The highest BCUT2D eigenvalue weighted by molar-refractivity contribution is 5.84. The van der Waals surface area contributed by atoms with Crippen molar-refractivity contribution in [2.45, 2.75) is 220 Å². The van der Waals surface area contributed by atoms with Gasteiger partial charge in [-0.25, -0.2) is 9.59 Å². The first-order valence-corrected chi connectivity index (χ1v) is 27.5. The van der Waals surface area contributed by atoms with Crippen LogP contribution in [0.3, 0.4) is 0 Å². The lowest BCUT2D eigenvalue weighted by Crippen LogP contribution is -2.17. The molecule has 9 heteroatoms. The van der Waals surface area contributed by atoms with Gasteiger partial charge in [0.1, 0.15) is 0 Å². The van der Waals surface area contributed by atoms with E-state index < -0.39 is 0 Å². The van der Waals surface area contributed by atoms with E-state index in [1.807, 2.05) is 36.4 Å². The fourth-order valence-corrected chi connectivity index (χ4v) is 9.31. The van der Waals surface area contributed by atoms with E-state index in [4.69, 9.17) is 14.2 Å². The number of H-pyrrole nitrogens is 3. The Balaban J connectivity index is 1.32. The predicted octanol–water partition coefficient (Wildman–Crippen LogP) is 15.8. The van der Waals surface area contributed by atoms with Crippen LogP contribution in [0.15, 0.2) is 58.1 Å². The average Bonchev–Trinajstić information content (AvgIpc) is 3.89. The van der Waals surface area contributed by atoms with Gasteiger partial charge in [-0.15, -0.1) is 0 Å². The number of ether oxygens (including phenoxy) is 3. The largest absolute Gasteiger partial charge is 0.490 e. The van der Waals surface area contributed by atoms with Gasteiger partial charge >= 0.3 is 11.4 Å². The van der Waals surface area contributed by atoms with Crippen LogP contribution in [0.1, 0.15) is 230 Å². The summed E-state index contributed by atoms with van der Waals surface area (Å²) >= 11 is 0. The van der Waals surface area contributed by atoms with Crippen molar-refractivity contribution in [2.75, 3.05) is 19.8 Å². The van der Waals surface area contributed by atoms with Gasteiger partial charge in [-0.2, -0.15) is 0 Å². The Bertz CT molecular complexity index is 2280. The third kappa shape index (κ3) is 19.3. The van der Waals surface area contributed by atoms with Gasteiger partial charge in [0.05, 0.1) is 59.6 Å². The Morgan fingerprint density at radius 2 is 0.868 bits per heavy atom. The lowest BCUT2D eigenvalue weighted by molar-refractivity contribution is 0.233. The summed E-state index contributed by atoms with van der Waals surface area (Å²) in [7, 11) is 0. The predicted molar refractivity (Wildman–Crippen MR) is 285 cm³/mol. The number of fused-ring (bicyclic) bond motifs is 2. The Labute approximate surface area is 409 Å². The number of para-hydroxylation sites is 2. The molecule has 0 radical (unpaired) electrons. The van der Waals surface area contributed by atoms with Gasteiger partial charge in [-0.05, 0) is 61.2 Å². The first kappa shape index (κ1) is 54.1. The zero-order chi connectivity index (χ0) is 47.9. The second-order valence-electron chi connectivity index (χ2n) is 19.3. The van der Waals surface area contributed by atoms with E-state index in [1.165, 1.54) is 154 Å². The van der Waals surface area contributed by atoms with E-state index in [9.17, 15) is 9.59 Å². The molecule has 0 aliphatic carbocycles. The third-order valence-corrected chi connectivity index (χ3v) is 13.4. The number of nitrogens with one attached hydrogen (secondary N) is 3. The summed E-state index contributed by atoms with van der Waals surface area (Å²) in [5.41, 5.74) is 4.62. The highest BCUT2D eigenvalue weighted by atomic mass is 16.5. The van der Waals surface area contributed by atoms with Crippen molar-refractivity contribution in [1.29, 1.82) is 0 Å². The molecular weight excluding hydrogens is 845 g/mol. The minimum Gasteiger partial charge on any atom is -0.490 e. The first-order valence-electron chi connectivity index (χ1n) is 27.5. The van der Waals surface area contributed by atoms with Crippen molar-refractivity contribution < 1.29 is 14.2 Å². The maximum absolute atomic E-state index is 13.8. The van der Waals surface area contributed by atoms with Crippen molar-refractivity contribution in [3.05, 3.63) is 86.2 Å². The lowest BCUT2D eigenvalue weighted by atomic mass is 10.1. The number of rotatable bonds is 38. The van der Waals surface area contributed by atoms with E-state index in [0.717, 1.165) is 49.6 Å². The summed E-state index contributed by atoms with van der Waals surface area (Å²) < 4.78 is 21.8. The number of aromatic amines is 3. The Morgan fingerprint density at radius 1 is 0.456 bits per heavy atom. The molecule has 0 unspecified atom stereocenters. The molecule has 374 valence electrons. The van der Waals surface area contributed by atoms with Gasteiger partial charge in [0, 0.05) is 0 Å². The molecule has 5 aromatic rings. The van der Waals surface area contributed by atoms with Crippen LogP contribution in [-0.2, 0) is 6.54 Å². The number of nitrogens with zero attached hydrogens (tertiary/aromatic N) is 1. The summed E-state index contributed by atoms with van der Waals surface area (Å²) in [5, 5.41) is 0. The molecule has 3 aromatic carbocycles. The molecule has 0 aliphatic heterocycles. The summed E-state index contributed by atoms with van der Waals surface area (Å²) in [5.74, 6) is 8.57. The van der Waals surface area contributed by atoms with Gasteiger partial charge in [-0.3, -0.25) is 4.57 Å². The van der Waals surface area contributed by atoms with Crippen molar-refractivity contribution in [3.63, 3.8) is 0 Å². The summed E-state index contributed by atoms with van der Waals surface area (Å²) in [6, 6.07) is 15.5. The molecule has 0 spiro atoms. The summed E-state index contributed by atoms with van der Waals surface area (Å²) in [6.45, 7) is 8.97. The number of benzene rings is 3. The number of aromatic nitrogens is 4. The normalized spacial score (nSPS) is 11.4. The number of hydrogen-bond acceptors (Lipinski definition) is 5. The molecule has 0 amide bonds. The molecule has 2 aromatic heterocycles. The minimum absolute atomic E-state index is 0.215. The average molecular weight is 933 g/mol. The second kappa shape index (κ2) is 32.8.